The van der Waals surface area contributed by atoms with Crippen LogP contribution in [0.1, 0.15) is 5.56 Å². The van der Waals surface area contributed by atoms with Gasteiger partial charge < -0.3 is 0 Å². The molecule has 0 aromatic heterocycles. The van der Waals surface area contributed by atoms with E-state index in [-0.39, 0.29) is 0 Å². The zero-order valence-corrected chi connectivity index (χ0v) is 9.38. The Kier molecular flexibility index (Phi) is 2.89. The van der Waals surface area contributed by atoms with Crippen LogP contribution in [0.2, 0.25) is 13.1 Å². The third-order valence-electron chi connectivity index (χ3n) is 2.38. The molecule has 0 N–H and O–H groups in total. The maximum absolute atomic E-state index is 3.90. The second-order valence-corrected chi connectivity index (χ2v) is 8.18. The predicted octanol–water partition coefficient (Wildman–Crippen LogP) is 2.97. The fourth-order valence-corrected chi connectivity index (χ4v) is 2.48. The maximum atomic E-state index is 3.90. The molecule has 0 heterocycles. The molecular formula is C12H16Si. The van der Waals surface area contributed by atoms with Crippen molar-refractivity contribution < 1.29 is 0 Å². The summed E-state index contributed by atoms with van der Waals surface area (Å²) in [5.41, 5.74) is 3.30. The molecule has 0 amide bonds. The lowest BCUT2D eigenvalue weighted by Gasteiger charge is -2.17. The summed E-state index contributed by atoms with van der Waals surface area (Å²) in [7, 11) is -1.38. The molecule has 0 saturated carbocycles. The minimum absolute atomic E-state index is 1.19. The minimum atomic E-state index is -1.38. The van der Waals surface area contributed by atoms with Crippen molar-refractivity contribution >= 4 is 19.3 Å². The Morgan fingerprint density at radius 3 is 2.46 bits per heavy atom. The van der Waals surface area contributed by atoms with E-state index in [1.54, 1.807) is 0 Å². The van der Waals surface area contributed by atoms with E-state index in [4.69, 9.17) is 0 Å². The molecule has 0 aliphatic carbocycles. The van der Waals surface area contributed by atoms with Crippen LogP contribution >= 0.6 is 0 Å². The average molecular weight is 188 g/mol. The van der Waals surface area contributed by atoms with E-state index in [9.17, 15) is 0 Å². The van der Waals surface area contributed by atoms with E-state index in [1.807, 2.05) is 6.08 Å². The van der Waals surface area contributed by atoms with Crippen molar-refractivity contribution in [3.8, 4) is 0 Å². The second kappa shape index (κ2) is 3.75. The normalized spacial score (nSPS) is 10.9. The molecule has 1 heteroatoms. The van der Waals surface area contributed by atoms with Crippen molar-refractivity contribution in [1.29, 1.82) is 0 Å². The highest BCUT2D eigenvalue weighted by Crippen LogP contribution is 2.06. The Hall–Kier alpha value is -1.08. The van der Waals surface area contributed by atoms with Crippen molar-refractivity contribution in [1.82, 2.24) is 0 Å². The molecule has 0 radical (unpaired) electrons. The zero-order valence-electron chi connectivity index (χ0n) is 8.38. The van der Waals surface area contributed by atoms with Gasteiger partial charge in [0.2, 0.25) is 0 Å². The standard InChI is InChI=1S/C12H16Si/c1-5-11-8-7-9-12(10-11)13(3,4)6-2/h5-10H,1-2H2,3-4H3. The number of rotatable bonds is 3. The van der Waals surface area contributed by atoms with Crippen LogP contribution in [0.5, 0.6) is 0 Å². The van der Waals surface area contributed by atoms with Gasteiger partial charge in [-0.3, -0.25) is 0 Å². The van der Waals surface area contributed by atoms with Crippen molar-refractivity contribution in [3.05, 3.63) is 48.7 Å². The number of hydrogen-bond donors (Lipinski definition) is 0. The Morgan fingerprint density at radius 2 is 1.92 bits per heavy atom. The molecule has 0 aliphatic rings. The first-order chi connectivity index (χ1) is 6.10. The Labute approximate surface area is 81.6 Å². The van der Waals surface area contributed by atoms with Crippen LogP contribution in [0.3, 0.4) is 0 Å². The van der Waals surface area contributed by atoms with Crippen LogP contribution < -0.4 is 5.19 Å². The highest BCUT2D eigenvalue weighted by molar-refractivity contribution is 6.93. The quantitative estimate of drug-likeness (QED) is 0.640. The summed E-state index contributed by atoms with van der Waals surface area (Å²) in [4.78, 5) is 0. The predicted molar refractivity (Wildman–Crippen MR) is 63.8 cm³/mol. The molecular weight excluding hydrogens is 172 g/mol. The summed E-state index contributed by atoms with van der Waals surface area (Å²) in [6.45, 7) is 12.3. The van der Waals surface area contributed by atoms with Gasteiger partial charge in [0.25, 0.3) is 0 Å². The largest absolute Gasteiger partial charge is 0.107 e. The van der Waals surface area contributed by atoms with E-state index in [0.29, 0.717) is 0 Å². The molecule has 68 valence electrons. The summed E-state index contributed by atoms with van der Waals surface area (Å²) >= 11 is 0. The van der Waals surface area contributed by atoms with Crippen LogP contribution in [0.25, 0.3) is 6.08 Å². The van der Waals surface area contributed by atoms with Gasteiger partial charge in [-0.1, -0.05) is 60.9 Å². The molecule has 1 aromatic rings. The second-order valence-electron chi connectivity index (χ2n) is 3.76. The van der Waals surface area contributed by atoms with Crippen molar-refractivity contribution in [2.75, 3.05) is 0 Å². The van der Waals surface area contributed by atoms with Gasteiger partial charge in [0.15, 0.2) is 0 Å². The van der Waals surface area contributed by atoms with Gasteiger partial charge in [0.1, 0.15) is 8.07 Å². The molecule has 0 saturated heterocycles. The Bertz CT molecular complexity index is 324. The lowest BCUT2D eigenvalue weighted by atomic mass is 10.2. The van der Waals surface area contributed by atoms with Gasteiger partial charge in [-0.15, -0.1) is 6.58 Å². The number of hydrogen-bond acceptors (Lipinski definition) is 0. The summed E-state index contributed by atoms with van der Waals surface area (Å²) in [5.74, 6) is 0. The van der Waals surface area contributed by atoms with Crippen molar-refractivity contribution in [3.63, 3.8) is 0 Å². The van der Waals surface area contributed by atoms with Gasteiger partial charge >= 0.3 is 0 Å². The molecule has 1 rings (SSSR count). The third kappa shape index (κ3) is 2.19. The molecule has 0 unspecified atom stereocenters. The van der Waals surface area contributed by atoms with Gasteiger partial charge in [0.05, 0.1) is 0 Å². The van der Waals surface area contributed by atoms with Crippen molar-refractivity contribution in [2.24, 2.45) is 0 Å². The van der Waals surface area contributed by atoms with E-state index in [1.165, 1.54) is 10.8 Å². The molecule has 0 fully saturated rings. The maximum Gasteiger partial charge on any atom is 0.103 e. The Morgan fingerprint density at radius 1 is 1.23 bits per heavy atom. The van der Waals surface area contributed by atoms with Crippen LogP contribution in [-0.2, 0) is 0 Å². The molecule has 0 nitrogen and oxygen atoms in total. The van der Waals surface area contributed by atoms with Gasteiger partial charge in [-0.25, -0.2) is 0 Å². The summed E-state index contributed by atoms with van der Waals surface area (Å²) in [6.07, 6.45) is 1.89. The molecule has 0 bridgehead atoms. The summed E-state index contributed by atoms with van der Waals surface area (Å²) in [6, 6.07) is 8.55. The van der Waals surface area contributed by atoms with E-state index >= 15 is 0 Å². The first-order valence-corrected chi connectivity index (χ1v) is 7.54. The zero-order chi connectivity index (χ0) is 9.90. The monoisotopic (exact) mass is 188 g/mol. The van der Waals surface area contributed by atoms with E-state index in [0.717, 1.165) is 0 Å². The SMILES string of the molecule is C=Cc1cccc([Si](C)(C)C=C)c1. The van der Waals surface area contributed by atoms with Crippen molar-refractivity contribution in [2.45, 2.75) is 13.1 Å². The van der Waals surface area contributed by atoms with Gasteiger partial charge in [-0.2, -0.15) is 0 Å². The van der Waals surface area contributed by atoms with Gasteiger partial charge in [-0.05, 0) is 5.56 Å². The van der Waals surface area contributed by atoms with E-state index < -0.39 is 8.07 Å². The molecule has 1 aromatic carbocycles. The van der Waals surface area contributed by atoms with Crippen LogP contribution in [0, 0.1) is 0 Å². The summed E-state index contributed by atoms with van der Waals surface area (Å²) in [5, 5.41) is 1.42. The first kappa shape index (κ1) is 10.0. The molecule has 0 atom stereocenters. The topological polar surface area (TPSA) is 0 Å². The van der Waals surface area contributed by atoms with Gasteiger partial charge in [0, 0.05) is 0 Å². The third-order valence-corrected chi connectivity index (χ3v) is 5.20. The van der Waals surface area contributed by atoms with E-state index in [2.05, 4.69) is 56.2 Å². The lowest BCUT2D eigenvalue weighted by molar-refractivity contribution is 1.67. The molecule has 0 aliphatic heterocycles. The molecule has 0 spiro atoms. The summed E-state index contributed by atoms with van der Waals surface area (Å²) < 4.78 is 0. The Balaban J connectivity index is 3.15. The molecule has 13 heavy (non-hydrogen) atoms. The van der Waals surface area contributed by atoms with Crippen LogP contribution in [0.4, 0.5) is 0 Å². The highest BCUT2D eigenvalue weighted by Gasteiger charge is 2.18. The fraction of sp³-hybridized carbons (Fsp3) is 0.167. The van der Waals surface area contributed by atoms with Crippen LogP contribution in [-0.4, -0.2) is 8.07 Å². The lowest BCUT2D eigenvalue weighted by Crippen LogP contribution is -2.39. The minimum Gasteiger partial charge on any atom is -0.107 e. The highest BCUT2D eigenvalue weighted by atomic mass is 28.3. The number of benzene rings is 1. The first-order valence-electron chi connectivity index (χ1n) is 4.47. The average Bonchev–Trinajstić information content (AvgIpc) is 2.18. The fourth-order valence-electron chi connectivity index (χ4n) is 1.18. The van der Waals surface area contributed by atoms with Crippen LogP contribution in [0.15, 0.2) is 43.1 Å². The smallest absolute Gasteiger partial charge is 0.103 e.